The highest BCUT2D eigenvalue weighted by atomic mass is 32.1. The van der Waals surface area contributed by atoms with Crippen molar-refractivity contribution in [1.82, 2.24) is 15.1 Å². The van der Waals surface area contributed by atoms with Gasteiger partial charge in [-0.05, 0) is 43.0 Å². The molecule has 1 aromatic carbocycles. The molecule has 0 bridgehead atoms. The molecule has 0 radical (unpaired) electrons. The van der Waals surface area contributed by atoms with Gasteiger partial charge in [0, 0.05) is 23.2 Å². The van der Waals surface area contributed by atoms with E-state index in [2.05, 4.69) is 16.5 Å². The number of aromatic nitrogens is 2. The molecule has 154 valence electrons. The number of fused-ring (bicyclic) bond motifs is 1. The SMILES string of the molecule is C[C@@H](NC(=O)[C@H]1C[C@@H]1c1ccc2cnn(C)c2c1)c1ccc(OCC(F)(F)F)s1. The Morgan fingerprint density at radius 2 is 2.17 bits per heavy atom. The summed E-state index contributed by atoms with van der Waals surface area (Å²) in [5, 5.41) is 8.45. The molecule has 1 fully saturated rings. The summed E-state index contributed by atoms with van der Waals surface area (Å²) in [4.78, 5) is 13.4. The zero-order chi connectivity index (χ0) is 20.8. The first-order chi connectivity index (χ1) is 13.7. The standard InChI is InChI=1S/C20H20F3N3O2S/c1-11(17-5-6-18(29-17)28-10-20(21,22)23)25-19(27)15-8-14(15)12-3-4-13-9-24-26(2)16(13)7-12/h3-7,9,11,14-15H,8,10H2,1-2H3,(H,25,27)/t11-,14-,15+/m1/s1. The van der Waals surface area contributed by atoms with Crippen molar-refractivity contribution in [2.45, 2.75) is 31.5 Å². The maximum Gasteiger partial charge on any atom is 0.422 e. The van der Waals surface area contributed by atoms with Crippen LogP contribution in [-0.2, 0) is 11.8 Å². The largest absolute Gasteiger partial charge is 0.475 e. The second-order valence-electron chi connectivity index (χ2n) is 7.33. The smallest absolute Gasteiger partial charge is 0.422 e. The number of nitrogens with zero attached hydrogens (tertiary/aromatic N) is 2. The number of hydrogen-bond acceptors (Lipinski definition) is 4. The van der Waals surface area contributed by atoms with Gasteiger partial charge in [0.25, 0.3) is 0 Å². The van der Waals surface area contributed by atoms with Crippen molar-refractivity contribution in [2.24, 2.45) is 13.0 Å². The lowest BCUT2D eigenvalue weighted by Crippen LogP contribution is -2.27. The molecule has 4 rings (SSSR count). The van der Waals surface area contributed by atoms with Crippen LogP contribution in [0.4, 0.5) is 13.2 Å². The van der Waals surface area contributed by atoms with E-state index < -0.39 is 12.8 Å². The lowest BCUT2D eigenvalue weighted by atomic mass is 10.1. The van der Waals surface area contributed by atoms with Crippen molar-refractivity contribution < 1.29 is 22.7 Å². The number of amides is 1. The Labute approximate surface area is 169 Å². The highest BCUT2D eigenvalue weighted by molar-refractivity contribution is 7.13. The zero-order valence-corrected chi connectivity index (χ0v) is 16.7. The highest BCUT2D eigenvalue weighted by Gasteiger charge is 2.44. The first-order valence-corrected chi connectivity index (χ1v) is 10.0. The molecule has 1 saturated carbocycles. The van der Waals surface area contributed by atoms with E-state index in [0.29, 0.717) is 0 Å². The minimum Gasteiger partial charge on any atom is -0.475 e. The van der Waals surface area contributed by atoms with Crippen molar-refractivity contribution in [2.75, 3.05) is 6.61 Å². The van der Waals surface area contributed by atoms with E-state index in [1.165, 1.54) is 6.07 Å². The van der Waals surface area contributed by atoms with Crippen LogP contribution in [0.25, 0.3) is 10.9 Å². The number of halogens is 3. The molecule has 3 aromatic rings. The summed E-state index contributed by atoms with van der Waals surface area (Å²) in [7, 11) is 1.89. The Bertz CT molecular complexity index is 1040. The first-order valence-electron chi connectivity index (χ1n) is 9.22. The molecule has 3 atom stereocenters. The van der Waals surface area contributed by atoms with Gasteiger partial charge >= 0.3 is 6.18 Å². The van der Waals surface area contributed by atoms with Gasteiger partial charge in [-0.15, -0.1) is 11.3 Å². The predicted octanol–water partition coefficient (Wildman–Crippen LogP) is 4.56. The van der Waals surface area contributed by atoms with Crippen molar-refractivity contribution in [3.05, 3.63) is 47.0 Å². The quantitative estimate of drug-likeness (QED) is 0.633. The number of rotatable bonds is 6. The molecule has 2 aromatic heterocycles. The summed E-state index contributed by atoms with van der Waals surface area (Å²) >= 11 is 1.11. The Kier molecular flexibility index (Phi) is 5.02. The van der Waals surface area contributed by atoms with E-state index in [1.807, 2.05) is 37.0 Å². The minimum atomic E-state index is -4.37. The molecule has 0 unspecified atom stereocenters. The number of benzene rings is 1. The fraction of sp³-hybridized carbons (Fsp3) is 0.400. The van der Waals surface area contributed by atoms with Crippen molar-refractivity contribution in [3.63, 3.8) is 0 Å². The van der Waals surface area contributed by atoms with Crippen LogP contribution in [0.5, 0.6) is 5.06 Å². The van der Waals surface area contributed by atoms with Crippen molar-refractivity contribution in [3.8, 4) is 5.06 Å². The number of hydrogen-bond donors (Lipinski definition) is 1. The molecule has 29 heavy (non-hydrogen) atoms. The Balaban J connectivity index is 1.35. The first kappa shape index (κ1) is 19.8. The van der Waals surface area contributed by atoms with Crippen LogP contribution in [0, 0.1) is 5.92 Å². The van der Waals surface area contributed by atoms with Gasteiger partial charge in [-0.25, -0.2) is 0 Å². The monoisotopic (exact) mass is 423 g/mol. The number of thiophene rings is 1. The highest BCUT2D eigenvalue weighted by Crippen LogP contribution is 2.48. The zero-order valence-electron chi connectivity index (χ0n) is 15.9. The summed E-state index contributed by atoms with van der Waals surface area (Å²) in [6, 6.07) is 9.01. The predicted molar refractivity (Wildman–Crippen MR) is 104 cm³/mol. The summed E-state index contributed by atoms with van der Waals surface area (Å²) in [5.74, 6) is 0.0401. The molecule has 0 aliphatic heterocycles. The Morgan fingerprint density at radius 3 is 2.93 bits per heavy atom. The minimum absolute atomic E-state index is 0.0428. The van der Waals surface area contributed by atoms with Gasteiger partial charge in [0.1, 0.15) is 0 Å². The molecule has 0 spiro atoms. The Hall–Kier alpha value is -2.55. The van der Waals surface area contributed by atoms with E-state index in [0.717, 1.165) is 39.1 Å². The van der Waals surface area contributed by atoms with Gasteiger partial charge in [0.15, 0.2) is 11.7 Å². The van der Waals surface area contributed by atoms with Crippen LogP contribution in [0.1, 0.15) is 35.7 Å². The number of nitrogens with one attached hydrogen (secondary N) is 1. The van der Waals surface area contributed by atoms with Crippen LogP contribution in [-0.4, -0.2) is 28.5 Å². The third-order valence-electron chi connectivity index (χ3n) is 5.09. The molecule has 1 amide bonds. The van der Waals surface area contributed by atoms with Gasteiger partial charge in [-0.1, -0.05) is 12.1 Å². The molecule has 1 aliphatic rings. The molecule has 0 saturated heterocycles. The van der Waals surface area contributed by atoms with Gasteiger partial charge in [0.2, 0.25) is 5.91 Å². The van der Waals surface area contributed by atoms with Crippen molar-refractivity contribution in [1.29, 1.82) is 0 Å². The molecule has 1 N–H and O–H groups in total. The van der Waals surface area contributed by atoms with Gasteiger partial charge in [-0.3, -0.25) is 9.48 Å². The maximum absolute atomic E-state index is 12.6. The van der Waals surface area contributed by atoms with E-state index >= 15 is 0 Å². The lowest BCUT2D eigenvalue weighted by Gasteiger charge is -2.12. The molecule has 5 nitrogen and oxygen atoms in total. The summed E-state index contributed by atoms with van der Waals surface area (Å²) in [6.07, 6.45) is -1.78. The van der Waals surface area contributed by atoms with Crippen LogP contribution in [0.2, 0.25) is 0 Å². The van der Waals surface area contributed by atoms with Gasteiger partial charge in [0.05, 0.1) is 17.8 Å². The topological polar surface area (TPSA) is 56.2 Å². The summed E-state index contributed by atoms with van der Waals surface area (Å²) in [5.41, 5.74) is 2.15. The number of alkyl halides is 3. The molecular formula is C20H20F3N3O2S. The van der Waals surface area contributed by atoms with Crippen LogP contribution in [0.3, 0.4) is 0 Å². The van der Waals surface area contributed by atoms with E-state index in [-0.39, 0.29) is 28.8 Å². The second kappa shape index (κ2) is 7.37. The van der Waals surface area contributed by atoms with Gasteiger partial charge < -0.3 is 10.1 Å². The molecule has 9 heteroatoms. The van der Waals surface area contributed by atoms with Crippen molar-refractivity contribution >= 4 is 28.1 Å². The molecule has 1 aliphatic carbocycles. The lowest BCUT2D eigenvalue weighted by molar-refractivity contribution is -0.152. The molecular weight excluding hydrogens is 403 g/mol. The Morgan fingerprint density at radius 1 is 1.38 bits per heavy atom. The van der Waals surface area contributed by atoms with Crippen LogP contribution in [0.15, 0.2) is 36.5 Å². The average molecular weight is 423 g/mol. The summed E-state index contributed by atoms with van der Waals surface area (Å²) in [6.45, 7) is 0.495. The maximum atomic E-state index is 12.6. The van der Waals surface area contributed by atoms with E-state index in [9.17, 15) is 18.0 Å². The fourth-order valence-electron chi connectivity index (χ4n) is 3.43. The normalized spacial score (nSPS) is 19.9. The number of carbonyl (C=O) groups excluding carboxylic acids is 1. The van der Waals surface area contributed by atoms with Gasteiger partial charge in [-0.2, -0.15) is 18.3 Å². The third-order valence-corrected chi connectivity index (χ3v) is 6.27. The number of ether oxygens (including phenoxy) is 1. The average Bonchev–Trinajstić information content (AvgIpc) is 3.18. The van der Waals surface area contributed by atoms with Crippen LogP contribution < -0.4 is 10.1 Å². The summed E-state index contributed by atoms with van der Waals surface area (Å²) < 4.78 is 43.3. The van der Waals surface area contributed by atoms with Crippen LogP contribution >= 0.6 is 11.3 Å². The van der Waals surface area contributed by atoms with E-state index in [4.69, 9.17) is 4.74 Å². The fourth-order valence-corrected chi connectivity index (χ4v) is 4.29. The number of carbonyl (C=O) groups is 1. The third kappa shape index (κ3) is 4.39. The molecule has 2 heterocycles. The second-order valence-corrected chi connectivity index (χ2v) is 8.40. The van der Waals surface area contributed by atoms with E-state index in [1.54, 1.807) is 6.07 Å². The number of aryl methyl sites for hydroxylation is 1.